The summed E-state index contributed by atoms with van der Waals surface area (Å²) < 4.78 is 101. The van der Waals surface area contributed by atoms with Crippen molar-refractivity contribution in [1.82, 2.24) is 4.31 Å². The van der Waals surface area contributed by atoms with E-state index in [-0.39, 0.29) is 22.9 Å². The van der Waals surface area contributed by atoms with E-state index in [9.17, 15) is 34.4 Å². The zero-order valence-corrected chi connectivity index (χ0v) is 15.2. The first kappa shape index (κ1) is 19.8. The van der Waals surface area contributed by atoms with Crippen molar-refractivity contribution in [3.05, 3.63) is 59.9 Å². The molecule has 2 aromatic rings. The Morgan fingerprint density at radius 2 is 1.30 bits per heavy atom. The molecule has 27 heavy (non-hydrogen) atoms. The van der Waals surface area contributed by atoms with Gasteiger partial charge in [-0.05, 0) is 48.5 Å². The van der Waals surface area contributed by atoms with Crippen LogP contribution in [0.25, 0.3) is 0 Å². The van der Waals surface area contributed by atoms with Crippen molar-refractivity contribution >= 4 is 19.9 Å². The summed E-state index contributed by atoms with van der Waals surface area (Å²) in [5.41, 5.74) is -0.984. The highest BCUT2D eigenvalue weighted by Gasteiger charge is 2.44. The topological polar surface area (TPSA) is 71.5 Å². The van der Waals surface area contributed by atoms with Gasteiger partial charge in [0.25, 0.3) is 0 Å². The summed E-state index contributed by atoms with van der Waals surface area (Å²) in [6.45, 7) is -0.661. The Morgan fingerprint density at radius 3 is 1.78 bits per heavy atom. The second-order valence-corrected chi connectivity index (χ2v) is 10.1. The molecule has 0 aliphatic carbocycles. The molecule has 0 aromatic heterocycles. The van der Waals surface area contributed by atoms with Gasteiger partial charge in [-0.3, -0.25) is 0 Å². The smallest absolute Gasteiger partial charge is 0.223 e. The van der Waals surface area contributed by atoms with Crippen molar-refractivity contribution in [3.8, 4) is 0 Å². The van der Waals surface area contributed by atoms with E-state index in [1.807, 2.05) is 0 Å². The number of sulfone groups is 1. The number of rotatable bonds is 4. The zero-order chi connectivity index (χ0) is 20.0. The minimum atomic E-state index is -4.59. The first-order valence-electron chi connectivity index (χ1n) is 7.59. The fraction of sp³-hybridized carbons (Fsp3) is 0.250. The van der Waals surface area contributed by atoms with Gasteiger partial charge < -0.3 is 0 Å². The van der Waals surface area contributed by atoms with Gasteiger partial charge in [0.2, 0.25) is 10.0 Å². The lowest BCUT2D eigenvalue weighted by Crippen LogP contribution is -2.56. The molecule has 1 fully saturated rings. The molecule has 0 spiro atoms. The van der Waals surface area contributed by atoms with Crippen LogP contribution in [0.5, 0.6) is 0 Å². The molecule has 0 radical (unpaired) electrons. The number of hydrogen-bond donors (Lipinski definition) is 0. The number of nitrogens with zero attached hydrogens (tertiary/aromatic N) is 1. The molecule has 0 unspecified atom stereocenters. The molecular formula is C16H13F4NO4S2. The van der Waals surface area contributed by atoms with E-state index in [1.54, 1.807) is 0 Å². The van der Waals surface area contributed by atoms with Crippen molar-refractivity contribution < 1.29 is 34.4 Å². The van der Waals surface area contributed by atoms with Crippen LogP contribution in [0.1, 0.15) is 5.56 Å². The quantitative estimate of drug-likeness (QED) is 0.560. The van der Waals surface area contributed by atoms with Crippen molar-refractivity contribution in [2.75, 3.05) is 13.1 Å². The van der Waals surface area contributed by atoms with Gasteiger partial charge in [0, 0.05) is 13.1 Å². The molecule has 146 valence electrons. The summed E-state index contributed by atoms with van der Waals surface area (Å²) in [6, 6.07) is 7.14. The Hall–Kier alpha value is -1.98. The molecule has 0 atom stereocenters. The fourth-order valence-electron chi connectivity index (χ4n) is 2.57. The van der Waals surface area contributed by atoms with Gasteiger partial charge in [0.15, 0.2) is 9.84 Å². The summed E-state index contributed by atoms with van der Waals surface area (Å²) >= 11 is 0. The van der Waals surface area contributed by atoms with Gasteiger partial charge in [-0.2, -0.15) is 17.5 Å². The molecule has 11 heteroatoms. The van der Waals surface area contributed by atoms with E-state index in [0.717, 1.165) is 40.7 Å². The predicted molar refractivity (Wildman–Crippen MR) is 87.6 cm³/mol. The monoisotopic (exact) mass is 423 g/mol. The average molecular weight is 423 g/mol. The molecular weight excluding hydrogens is 410 g/mol. The number of benzene rings is 2. The normalized spacial score (nSPS) is 16.9. The van der Waals surface area contributed by atoms with E-state index < -0.39 is 42.7 Å². The third-order valence-corrected chi connectivity index (χ3v) is 8.17. The van der Waals surface area contributed by atoms with Gasteiger partial charge in [-0.15, -0.1) is 0 Å². The highest BCUT2D eigenvalue weighted by atomic mass is 32.2. The Bertz CT molecular complexity index is 1040. The van der Waals surface area contributed by atoms with Gasteiger partial charge in [0.1, 0.15) is 5.82 Å². The maximum atomic E-state index is 12.9. The van der Waals surface area contributed by atoms with Crippen LogP contribution >= 0.6 is 0 Å². The van der Waals surface area contributed by atoms with Crippen LogP contribution < -0.4 is 0 Å². The maximum Gasteiger partial charge on any atom is 0.416 e. The highest BCUT2D eigenvalue weighted by molar-refractivity contribution is 7.92. The van der Waals surface area contributed by atoms with E-state index in [2.05, 4.69) is 0 Å². The number of halogens is 4. The van der Waals surface area contributed by atoms with Crippen LogP contribution in [0.3, 0.4) is 0 Å². The van der Waals surface area contributed by atoms with Crippen molar-refractivity contribution in [2.45, 2.75) is 21.2 Å². The molecule has 0 bridgehead atoms. The number of hydrogen-bond acceptors (Lipinski definition) is 4. The largest absolute Gasteiger partial charge is 0.416 e. The minimum absolute atomic E-state index is 0.125. The molecule has 2 aromatic carbocycles. The second-order valence-electron chi connectivity index (χ2n) is 5.97. The maximum absolute atomic E-state index is 12.9. The lowest BCUT2D eigenvalue weighted by atomic mass is 10.2. The van der Waals surface area contributed by atoms with Gasteiger partial charge in [-0.25, -0.2) is 21.2 Å². The third kappa shape index (κ3) is 3.71. The van der Waals surface area contributed by atoms with Crippen LogP contribution in [0.15, 0.2) is 58.3 Å². The van der Waals surface area contributed by atoms with E-state index >= 15 is 0 Å². The number of alkyl halides is 3. The molecule has 0 amide bonds. The molecule has 1 heterocycles. The van der Waals surface area contributed by atoms with Crippen molar-refractivity contribution in [2.24, 2.45) is 0 Å². The second kappa shape index (κ2) is 6.57. The first-order valence-corrected chi connectivity index (χ1v) is 10.6. The van der Waals surface area contributed by atoms with E-state index in [1.165, 1.54) is 0 Å². The van der Waals surface area contributed by atoms with Gasteiger partial charge in [0.05, 0.1) is 20.6 Å². The van der Waals surface area contributed by atoms with Crippen molar-refractivity contribution in [3.63, 3.8) is 0 Å². The molecule has 1 aliphatic rings. The van der Waals surface area contributed by atoms with Gasteiger partial charge in [-0.1, -0.05) is 0 Å². The van der Waals surface area contributed by atoms with Gasteiger partial charge >= 0.3 is 6.18 Å². The molecule has 0 saturated carbocycles. The summed E-state index contributed by atoms with van der Waals surface area (Å²) in [5, 5.41) is -1.01. The SMILES string of the molecule is O=S(=O)(c1ccc(F)cc1)C1CN(S(=O)(=O)c2ccc(C(F)(F)F)cc2)C1. The Kier molecular flexibility index (Phi) is 4.81. The van der Waals surface area contributed by atoms with Crippen LogP contribution in [-0.2, 0) is 26.0 Å². The molecule has 3 rings (SSSR count). The Labute approximate surface area is 153 Å². The molecule has 1 aliphatic heterocycles. The minimum Gasteiger partial charge on any atom is -0.223 e. The van der Waals surface area contributed by atoms with Crippen LogP contribution in [0.2, 0.25) is 0 Å². The molecule has 0 N–H and O–H groups in total. The summed E-state index contributed by atoms with van der Waals surface area (Å²) in [4.78, 5) is -0.478. The first-order chi connectivity index (χ1) is 12.4. The standard InChI is InChI=1S/C16H13F4NO4S2/c17-12-3-7-13(8-4-12)26(22,23)15-9-21(10-15)27(24,25)14-5-1-11(2-6-14)16(18,19)20/h1-8,15H,9-10H2. The Balaban J connectivity index is 1.75. The number of sulfonamides is 1. The fourth-order valence-corrected chi connectivity index (χ4v) is 5.95. The third-order valence-electron chi connectivity index (χ3n) is 4.21. The molecule has 1 saturated heterocycles. The lowest BCUT2D eigenvalue weighted by Gasteiger charge is -2.37. The summed E-state index contributed by atoms with van der Waals surface area (Å²) in [6.07, 6.45) is -4.59. The highest BCUT2D eigenvalue weighted by Crippen LogP contribution is 2.32. The lowest BCUT2D eigenvalue weighted by molar-refractivity contribution is -0.137. The molecule has 5 nitrogen and oxygen atoms in total. The average Bonchev–Trinajstić information content (AvgIpc) is 2.52. The zero-order valence-electron chi connectivity index (χ0n) is 13.5. The van der Waals surface area contributed by atoms with E-state index in [0.29, 0.717) is 12.1 Å². The van der Waals surface area contributed by atoms with E-state index in [4.69, 9.17) is 0 Å². The Morgan fingerprint density at radius 1 is 0.815 bits per heavy atom. The van der Waals surface area contributed by atoms with Crippen molar-refractivity contribution in [1.29, 1.82) is 0 Å². The predicted octanol–water partition coefficient (Wildman–Crippen LogP) is 2.69. The van der Waals surface area contributed by atoms with Crippen LogP contribution in [0.4, 0.5) is 17.6 Å². The summed E-state index contributed by atoms with van der Waals surface area (Å²) in [5.74, 6) is -0.603. The van der Waals surface area contributed by atoms with Crippen LogP contribution in [0, 0.1) is 5.82 Å². The summed E-state index contributed by atoms with van der Waals surface area (Å²) in [7, 11) is -7.95. The van der Waals surface area contributed by atoms with Crippen LogP contribution in [-0.4, -0.2) is 39.5 Å².